The lowest BCUT2D eigenvalue weighted by atomic mass is 9.80. The molecule has 0 spiro atoms. The number of hydrogen-bond acceptors (Lipinski definition) is 2. The van der Waals surface area contributed by atoms with Crippen LogP contribution in [-0.4, -0.2) is 23.5 Å². The lowest BCUT2D eigenvalue weighted by molar-refractivity contribution is 0.147. The highest BCUT2D eigenvalue weighted by Crippen LogP contribution is 2.31. The Morgan fingerprint density at radius 1 is 0.917 bits per heavy atom. The molecule has 0 atom stereocenters. The third kappa shape index (κ3) is 7.36. The molecule has 24 heavy (non-hydrogen) atoms. The van der Waals surface area contributed by atoms with Crippen molar-refractivity contribution >= 4 is 0 Å². The minimum Gasteiger partial charge on any atom is -0.308 e. The molecule has 0 unspecified atom stereocenters. The molecule has 1 aromatic carbocycles. The first-order valence-electron chi connectivity index (χ1n) is 9.66. The lowest BCUT2D eigenvalue weighted by Crippen LogP contribution is -2.35. The predicted molar refractivity (Wildman–Crippen MR) is 105 cm³/mol. The van der Waals surface area contributed by atoms with E-state index in [0.717, 1.165) is 19.0 Å². The normalized spacial score (nSPS) is 18.1. The van der Waals surface area contributed by atoms with E-state index < -0.39 is 0 Å². The van der Waals surface area contributed by atoms with Crippen LogP contribution in [0.25, 0.3) is 0 Å². The van der Waals surface area contributed by atoms with Crippen molar-refractivity contribution in [3.05, 3.63) is 35.4 Å². The van der Waals surface area contributed by atoms with E-state index >= 15 is 0 Å². The Labute approximate surface area is 150 Å². The Hall–Kier alpha value is -0.860. The number of hydrogen-bond donors (Lipinski definition) is 1. The van der Waals surface area contributed by atoms with Crippen molar-refractivity contribution in [2.75, 3.05) is 13.1 Å². The first kappa shape index (κ1) is 19.5. The zero-order valence-corrected chi connectivity index (χ0v) is 16.8. The van der Waals surface area contributed by atoms with Crippen LogP contribution in [0.15, 0.2) is 24.3 Å². The van der Waals surface area contributed by atoms with E-state index in [9.17, 15) is 0 Å². The number of nitrogens with one attached hydrogen (secondary N) is 1. The van der Waals surface area contributed by atoms with Crippen molar-refractivity contribution in [1.29, 1.82) is 0 Å². The van der Waals surface area contributed by atoms with E-state index in [1.807, 2.05) is 0 Å². The van der Waals surface area contributed by atoms with Gasteiger partial charge >= 0.3 is 0 Å². The minimum atomic E-state index is 0.177. The summed E-state index contributed by atoms with van der Waals surface area (Å²) in [6.07, 6.45) is 4.10. The molecule has 0 saturated carbocycles. The molecule has 1 fully saturated rings. The summed E-state index contributed by atoms with van der Waals surface area (Å²) >= 11 is 0. The van der Waals surface area contributed by atoms with Gasteiger partial charge in [-0.1, -0.05) is 45.0 Å². The third-order valence-electron chi connectivity index (χ3n) is 4.86. The number of nitrogens with zero attached hydrogens (tertiary/aromatic N) is 1. The van der Waals surface area contributed by atoms with Crippen LogP contribution in [0.3, 0.4) is 0 Å². The van der Waals surface area contributed by atoms with E-state index in [0.29, 0.717) is 5.41 Å². The Morgan fingerprint density at radius 2 is 1.46 bits per heavy atom. The van der Waals surface area contributed by atoms with Crippen LogP contribution in [0, 0.1) is 11.3 Å². The molecule has 0 radical (unpaired) electrons. The average molecular weight is 331 g/mol. The summed E-state index contributed by atoms with van der Waals surface area (Å²) in [4.78, 5) is 2.63. The monoisotopic (exact) mass is 330 g/mol. The Kier molecular flexibility index (Phi) is 6.50. The fourth-order valence-corrected chi connectivity index (χ4v) is 3.60. The van der Waals surface area contributed by atoms with Crippen LogP contribution in [-0.2, 0) is 13.1 Å². The van der Waals surface area contributed by atoms with Gasteiger partial charge in [-0.3, -0.25) is 4.90 Å². The maximum atomic E-state index is 3.55. The van der Waals surface area contributed by atoms with E-state index in [4.69, 9.17) is 0 Å². The van der Waals surface area contributed by atoms with Crippen molar-refractivity contribution in [2.45, 2.75) is 79.4 Å². The van der Waals surface area contributed by atoms with Gasteiger partial charge in [0.25, 0.3) is 0 Å². The van der Waals surface area contributed by atoms with E-state index in [2.05, 4.69) is 76.0 Å². The molecular formula is C22H38N2. The van der Waals surface area contributed by atoms with Crippen LogP contribution in [0.2, 0.25) is 0 Å². The summed E-state index contributed by atoms with van der Waals surface area (Å²) in [6, 6.07) is 9.17. The molecule has 2 heteroatoms. The van der Waals surface area contributed by atoms with Crippen LogP contribution in [0.1, 0.15) is 71.9 Å². The highest BCUT2D eigenvalue weighted by atomic mass is 15.1. The predicted octanol–water partition coefficient (Wildman–Crippen LogP) is 5.22. The van der Waals surface area contributed by atoms with Gasteiger partial charge in [-0.05, 0) is 75.6 Å². The lowest BCUT2D eigenvalue weighted by Gasteiger charge is -2.35. The molecule has 1 heterocycles. The number of rotatable bonds is 5. The van der Waals surface area contributed by atoms with Crippen molar-refractivity contribution < 1.29 is 0 Å². The largest absolute Gasteiger partial charge is 0.308 e. The fraction of sp³-hybridized carbons (Fsp3) is 0.727. The van der Waals surface area contributed by atoms with Crippen LogP contribution in [0.4, 0.5) is 0 Å². The van der Waals surface area contributed by atoms with Crippen molar-refractivity contribution in [3.8, 4) is 0 Å². The molecule has 0 bridgehead atoms. The maximum absolute atomic E-state index is 3.55. The highest BCUT2D eigenvalue weighted by Gasteiger charge is 2.23. The van der Waals surface area contributed by atoms with Gasteiger partial charge < -0.3 is 5.32 Å². The van der Waals surface area contributed by atoms with Crippen molar-refractivity contribution in [3.63, 3.8) is 0 Å². The SMILES string of the molecule is CC(C)(C)CC1CCN(Cc2ccc(CNC(C)(C)C)cc2)CC1. The summed E-state index contributed by atoms with van der Waals surface area (Å²) in [5.41, 5.74) is 3.47. The Morgan fingerprint density at radius 3 is 1.96 bits per heavy atom. The van der Waals surface area contributed by atoms with Gasteiger partial charge in [0.2, 0.25) is 0 Å². The molecule has 1 aromatic rings. The fourth-order valence-electron chi connectivity index (χ4n) is 3.60. The molecule has 1 aliphatic heterocycles. The molecule has 1 N–H and O–H groups in total. The van der Waals surface area contributed by atoms with Gasteiger partial charge in [-0.25, -0.2) is 0 Å². The van der Waals surface area contributed by atoms with E-state index in [-0.39, 0.29) is 5.54 Å². The van der Waals surface area contributed by atoms with E-state index in [1.54, 1.807) is 0 Å². The Balaban J connectivity index is 1.77. The molecule has 1 aliphatic rings. The Bertz CT molecular complexity index is 482. The molecule has 0 aromatic heterocycles. The molecule has 0 amide bonds. The first-order chi connectivity index (χ1) is 11.1. The zero-order chi connectivity index (χ0) is 17.8. The molecular weight excluding hydrogens is 292 g/mol. The number of likely N-dealkylation sites (tertiary alicyclic amines) is 1. The maximum Gasteiger partial charge on any atom is 0.0233 e. The summed E-state index contributed by atoms with van der Waals surface area (Å²) < 4.78 is 0. The first-order valence-corrected chi connectivity index (χ1v) is 9.66. The number of benzene rings is 1. The second-order valence-electron chi connectivity index (χ2n) is 9.90. The van der Waals surface area contributed by atoms with E-state index in [1.165, 1.54) is 43.5 Å². The van der Waals surface area contributed by atoms with Crippen LogP contribution >= 0.6 is 0 Å². The topological polar surface area (TPSA) is 15.3 Å². The van der Waals surface area contributed by atoms with Gasteiger partial charge in [-0.15, -0.1) is 0 Å². The van der Waals surface area contributed by atoms with Gasteiger partial charge in [-0.2, -0.15) is 0 Å². The summed E-state index contributed by atoms with van der Waals surface area (Å²) in [5.74, 6) is 0.923. The molecule has 2 rings (SSSR count). The van der Waals surface area contributed by atoms with Gasteiger partial charge in [0.1, 0.15) is 0 Å². The summed E-state index contributed by atoms with van der Waals surface area (Å²) in [6.45, 7) is 18.3. The zero-order valence-electron chi connectivity index (χ0n) is 16.8. The van der Waals surface area contributed by atoms with Crippen molar-refractivity contribution in [2.24, 2.45) is 11.3 Å². The van der Waals surface area contributed by atoms with Gasteiger partial charge in [0, 0.05) is 18.6 Å². The molecule has 136 valence electrons. The molecule has 0 aliphatic carbocycles. The second-order valence-corrected chi connectivity index (χ2v) is 9.90. The van der Waals surface area contributed by atoms with Crippen LogP contribution in [0.5, 0.6) is 0 Å². The summed E-state index contributed by atoms with van der Waals surface area (Å²) in [7, 11) is 0. The van der Waals surface area contributed by atoms with Gasteiger partial charge in [0.05, 0.1) is 0 Å². The summed E-state index contributed by atoms with van der Waals surface area (Å²) in [5, 5.41) is 3.55. The second kappa shape index (κ2) is 8.01. The van der Waals surface area contributed by atoms with Crippen LogP contribution < -0.4 is 5.32 Å². The highest BCUT2D eigenvalue weighted by molar-refractivity contribution is 5.22. The minimum absolute atomic E-state index is 0.177. The third-order valence-corrected chi connectivity index (χ3v) is 4.86. The smallest absolute Gasteiger partial charge is 0.0233 e. The molecule has 1 saturated heterocycles. The quantitative estimate of drug-likeness (QED) is 0.796. The average Bonchev–Trinajstić information content (AvgIpc) is 2.46. The number of piperidine rings is 1. The molecule has 2 nitrogen and oxygen atoms in total. The van der Waals surface area contributed by atoms with Crippen molar-refractivity contribution in [1.82, 2.24) is 10.2 Å². The standard InChI is InChI=1S/C22H38N2/c1-21(2,3)15-18-11-13-24(14-12-18)17-20-9-7-19(8-10-20)16-23-22(4,5)6/h7-10,18,23H,11-17H2,1-6H3. The van der Waals surface area contributed by atoms with Gasteiger partial charge in [0.15, 0.2) is 0 Å².